The van der Waals surface area contributed by atoms with Crippen LogP contribution in [0.15, 0.2) is 36.5 Å². The number of hydrogen-bond acceptors (Lipinski definition) is 3. The maximum absolute atomic E-state index is 12.7. The Kier molecular flexibility index (Phi) is 5.27. The van der Waals surface area contributed by atoms with Crippen molar-refractivity contribution in [1.29, 1.82) is 0 Å². The van der Waals surface area contributed by atoms with Gasteiger partial charge in [-0.1, -0.05) is 36.2 Å². The first kappa shape index (κ1) is 17.1. The number of nitrogens with zero attached hydrogens (tertiary/aromatic N) is 2. The fourth-order valence-electron chi connectivity index (χ4n) is 2.76. The highest BCUT2D eigenvalue weighted by atomic mass is 35.5. The van der Waals surface area contributed by atoms with Crippen LogP contribution >= 0.6 is 23.2 Å². The quantitative estimate of drug-likeness (QED) is 0.833. The van der Waals surface area contributed by atoms with Gasteiger partial charge in [-0.05, 0) is 43.0 Å². The molecule has 1 aromatic heterocycles. The highest BCUT2D eigenvalue weighted by Gasteiger charge is 2.21. The summed E-state index contributed by atoms with van der Waals surface area (Å²) in [5, 5.41) is 4.02. The zero-order valence-electron chi connectivity index (χ0n) is 13.4. The number of likely N-dealkylation sites (tertiary alicyclic amines) is 1. The summed E-state index contributed by atoms with van der Waals surface area (Å²) in [5.74, 6) is 1.30. The van der Waals surface area contributed by atoms with Crippen LogP contribution in [0.2, 0.25) is 10.0 Å². The van der Waals surface area contributed by atoms with Crippen LogP contribution in [0, 0.1) is 5.92 Å². The van der Waals surface area contributed by atoms with Crippen molar-refractivity contribution >= 4 is 40.6 Å². The van der Waals surface area contributed by atoms with Gasteiger partial charge in [-0.2, -0.15) is 0 Å². The number of pyridine rings is 1. The highest BCUT2D eigenvalue weighted by molar-refractivity contribution is 6.43. The first-order chi connectivity index (χ1) is 11.5. The molecule has 1 aliphatic rings. The molecule has 1 amide bonds. The molecule has 1 aromatic carbocycles. The van der Waals surface area contributed by atoms with E-state index in [0.717, 1.165) is 25.9 Å². The predicted molar refractivity (Wildman–Crippen MR) is 98.3 cm³/mol. The van der Waals surface area contributed by atoms with E-state index in [1.165, 1.54) is 0 Å². The lowest BCUT2D eigenvalue weighted by Crippen LogP contribution is -2.37. The molecule has 6 heteroatoms. The van der Waals surface area contributed by atoms with Crippen molar-refractivity contribution in [3.05, 3.63) is 52.1 Å². The molecule has 24 heavy (non-hydrogen) atoms. The number of benzene rings is 1. The third-order valence-electron chi connectivity index (χ3n) is 4.29. The van der Waals surface area contributed by atoms with Gasteiger partial charge in [0.05, 0.1) is 15.7 Å². The summed E-state index contributed by atoms with van der Waals surface area (Å²) < 4.78 is 0. The van der Waals surface area contributed by atoms with E-state index in [0.29, 0.717) is 33.0 Å². The SMILES string of the molecule is CC1CCN(C(=O)c2ccnc(Nc3cccc(Cl)c3Cl)c2)CC1. The Bertz CT molecular complexity index is 743. The van der Waals surface area contributed by atoms with Crippen LogP contribution in [0.4, 0.5) is 11.5 Å². The van der Waals surface area contributed by atoms with Crippen molar-refractivity contribution in [3.8, 4) is 0 Å². The van der Waals surface area contributed by atoms with Crippen LogP contribution in [0.1, 0.15) is 30.1 Å². The number of piperidine rings is 1. The molecule has 0 spiro atoms. The van der Waals surface area contributed by atoms with E-state index >= 15 is 0 Å². The molecular formula is C18H19Cl2N3O. The molecule has 0 atom stereocenters. The third-order valence-corrected chi connectivity index (χ3v) is 5.11. The van der Waals surface area contributed by atoms with Gasteiger partial charge < -0.3 is 10.2 Å². The molecule has 0 radical (unpaired) electrons. The van der Waals surface area contributed by atoms with Crippen molar-refractivity contribution in [2.24, 2.45) is 5.92 Å². The van der Waals surface area contributed by atoms with Gasteiger partial charge in [-0.25, -0.2) is 4.98 Å². The van der Waals surface area contributed by atoms with Crippen LogP contribution in [-0.4, -0.2) is 28.9 Å². The molecule has 1 fully saturated rings. The lowest BCUT2D eigenvalue weighted by atomic mass is 9.99. The maximum Gasteiger partial charge on any atom is 0.254 e. The minimum atomic E-state index is 0.0459. The third kappa shape index (κ3) is 3.82. The molecule has 0 aliphatic carbocycles. The fourth-order valence-corrected chi connectivity index (χ4v) is 3.11. The zero-order chi connectivity index (χ0) is 17.1. The second-order valence-corrected chi connectivity index (χ2v) is 6.92. The van der Waals surface area contributed by atoms with Gasteiger partial charge in [0.1, 0.15) is 5.82 Å². The average molecular weight is 364 g/mol. The summed E-state index contributed by atoms with van der Waals surface area (Å²) in [6.07, 6.45) is 3.74. The normalized spacial score (nSPS) is 15.4. The summed E-state index contributed by atoms with van der Waals surface area (Å²) in [6.45, 7) is 3.85. The summed E-state index contributed by atoms with van der Waals surface area (Å²) in [6, 6.07) is 8.83. The Morgan fingerprint density at radius 2 is 2.00 bits per heavy atom. The van der Waals surface area contributed by atoms with Crippen molar-refractivity contribution < 1.29 is 4.79 Å². The molecule has 1 N–H and O–H groups in total. The Labute approximate surface area is 151 Å². The molecule has 0 bridgehead atoms. The molecule has 0 unspecified atom stereocenters. The second kappa shape index (κ2) is 7.41. The predicted octanol–water partition coefficient (Wildman–Crippen LogP) is 5.00. The first-order valence-corrected chi connectivity index (χ1v) is 8.76. The lowest BCUT2D eigenvalue weighted by Gasteiger charge is -2.30. The summed E-state index contributed by atoms with van der Waals surface area (Å²) in [7, 11) is 0. The number of carbonyl (C=O) groups excluding carboxylic acids is 1. The number of hydrogen-bond donors (Lipinski definition) is 1. The molecule has 2 aromatic rings. The Hall–Kier alpha value is -1.78. The number of rotatable bonds is 3. The average Bonchev–Trinajstić information content (AvgIpc) is 2.59. The summed E-state index contributed by atoms with van der Waals surface area (Å²) >= 11 is 12.2. The number of anilines is 2. The van der Waals surface area contributed by atoms with E-state index < -0.39 is 0 Å². The van der Waals surface area contributed by atoms with Crippen molar-refractivity contribution in [1.82, 2.24) is 9.88 Å². The Morgan fingerprint density at radius 3 is 2.75 bits per heavy atom. The molecular weight excluding hydrogens is 345 g/mol. The van der Waals surface area contributed by atoms with Crippen LogP contribution in [-0.2, 0) is 0 Å². The molecule has 4 nitrogen and oxygen atoms in total. The van der Waals surface area contributed by atoms with Crippen LogP contribution < -0.4 is 5.32 Å². The summed E-state index contributed by atoms with van der Waals surface area (Å²) in [4.78, 5) is 18.8. The monoisotopic (exact) mass is 363 g/mol. The van der Waals surface area contributed by atoms with Crippen molar-refractivity contribution in [2.75, 3.05) is 18.4 Å². The summed E-state index contributed by atoms with van der Waals surface area (Å²) in [5.41, 5.74) is 1.29. The molecule has 2 heterocycles. The zero-order valence-corrected chi connectivity index (χ0v) is 14.9. The number of amides is 1. The van der Waals surface area contributed by atoms with Gasteiger partial charge in [-0.15, -0.1) is 0 Å². The number of carbonyl (C=O) groups is 1. The van der Waals surface area contributed by atoms with Crippen LogP contribution in [0.5, 0.6) is 0 Å². The van der Waals surface area contributed by atoms with E-state index in [1.54, 1.807) is 30.5 Å². The fraction of sp³-hybridized carbons (Fsp3) is 0.333. The largest absolute Gasteiger partial charge is 0.339 e. The topological polar surface area (TPSA) is 45.2 Å². The van der Waals surface area contributed by atoms with E-state index in [-0.39, 0.29) is 5.91 Å². The lowest BCUT2D eigenvalue weighted by molar-refractivity contribution is 0.0697. The van der Waals surface area contributed by atoms with Crippen LogP contribution in [0.3, 0.4) is 0 Å². The van der Waals surface area contributed by atoms with Gasteiger partial charge in [0.2, 0.25) is 0 Å². The minimum Gasteiger partial charge on any atom is -0.339 e. The molecule has 1 aliphatic heterocycles. The molecule has 0 saturated carbocycles. The van der Waals surface area contributed by atoms with Gasteiger partial charge in [0.15, 0.2) is 0 Å². The second-order valence-electron chi connectivity index (χ2n) is 6.13. The maximum atomic E-state index is 12.7. The number of aromatic nitrogens is 1. The van der Waals surface area contributed by atoms with Gasteiger partial charge in [0, 0.05) is 24.8 Å². The number of nitrogens with one attached hydrogen (secondary N) is 1. The van der Waals surface area contributed by atoms with E-state index in [1.807, 2.05) is 11.0 Å². The van der Waals surface area contributed by atoms with Gasteiger partial charge >= 0.3 is 0 Å². The van der Waals surface area contributed by atoms with E-state index in [9.17, 15) is 4.79 Å². The minimum absolute atomic E-state index is 0.0459. The smallest absolute Gasteiger partial charge is 0.254 e. The Balaban J connectivity index is 1.76. The van der Waals surface area contributed by atoms with Gasteiger partial charge in [0.25, 0.3) is 5.91 Å². The van der Waals surface area contributed by atoms with Crippen molar-refractivity contribution in [2.45, 2.75) is 19.8 Å². The van der Waals surface area contributed by atoms with Crippen molar-refractivity contribution in [3.63, 3.8) is 0 Å². The molecule has 126 valence electrons. The van der Waals surface area contributed by atoms with E-state index in [4.69, 9.17) is 23.2 Å². The van der Waals surface area contributed by atoms with E-state index in [2.05, 4.69) is 17.2 Å². The number of halogens is 2. The molecule has 1 saturated heterocycles. The highest BCUT2D eigenvalue weighted by Crippen LogP contribution is 2.31. The standard InChI is InChI=1S/C18H19Cl2N3O/c1-12-6-9-23(10-7-12)18(24)13-5-8-21-16(11-13)22-15-4-2-3-14(19)17(15)20/h2-5,8,11-12H,6-7,9-10H2,1H3,(H,21,22). The first-order valence-electron chi connectivity index (χ1n) is 8.01. The Morgan fingerprint density at radius 1 is 1.25 bits per heavy atom. The van der Waals surface area contributed by atoms with Crippen LogP contribution in [0.25, 0.3) is 0 Å². The molecule has 3 rings (SSSR count). The van der Waals surface area contributed by atoms with Gasteiger partial charge in [-0.3, -0.25) is 4.79 Å².